The van der Waals surface area contributed by atoms with Crippen LogP contribution < -0.4 is 16.0 Å². The fourth-order valence-corrected chi connectivity index (χ4v) is 1.76. The molecule has 1 atom stereocenters. The number of nitrogens with one attached hydrogen (secondary N) is 1. The second-order valence-corrected chi connectivity index (χ2v) is 3.66. The molecule has 0 amide bonds. The van der Waals surface area contributed by atoms with Crippen molar-refractivity contribution in [2.24, 2.45) is 5.84 Å². The molecular weight excluding hydrogens is 214 g/mol. The number of hydrogen-bond acceptors (Lipinski definition) is 4. The van der Waals surface area contributed by atoms with Crippen molar-refractivity contribution in [3.05, 3.63) is 59.9 Å². The Morgan fingerprint density at radius 2 is 1.94 bits per heavy atom. The zero-order chi connectivity index (χ0) is 12.1. The van der Waals surface area contributed by atoms with Gasteiger partial charge in [0.05, 0.1) is 13.2 Å². The second kappa shape index (κ2) is 5.43. The van der Waals surface area contributed by atoms with E-state index in [1.54, 1.807) is 19.5 Å². The Morgan fingerprint density at radius 3 is 2.59 bits per heavy atom. The average molecular weight is 229 g/mol. The molecule has 17 heavy (non-hydrogen) atoms. The smallest absolute Gasteiger partial charge is 0.119 e. The minimum Gasteiger partial charge on any atom is -0.497 e. The first-order valence-electron chi connectivity index (χ1n) is 5.35. The van der Waals surface area contributed by atoms with Crippen LogP contribution in [0.15, 0.2) is 48.8 Å². The van der Waals surface area contributed by atoms with E-state index in [9.17, 15) is 0 Å². The van der Waals surface area contributed by atoms with Gasteiger partial charge in [-0.1, -0.05) is 12.1 Å². The summed E-state index contributed by atoms with van der Waals surface area (Å²) in [5.41, 5.74) is 4.92. The number of benzene rings is 1. The van der Waals surface area contributed by atoms with Crippen LogP contribution >= 0.6 is 0 Å². The molecular formula is C13H15N3O. The zero-order valence-electron chi connectivity index (χ0n) is 9.63. The molecule has 0 bridgehead atoms. The molecule has 4 heteroatoms. The predicted octanol–water partition coefficient (Wildman–Crippen LogP) is 1.64. The van der Waals surface area contributed by atoms with Crippen molar-refractivity contribution in [1.82, 2.24) is 10.4 Å². The topological polar surface area (TPSA) is 60.2 Å². The predicted molar refractivity (Wildman–Crippen MR) is 66.4 cm³/mol. The van der Waals surface area contributed by atoms with Crippen LogP contribution in [0.4, 0.5) is 0 Å². The number of methoxy groups -OCH3 is 1. The highest BCUT2D eigenvalue weighted by atomic mass is 16.5. The van der Waals surface area contributed by atoms with Crippen LogP contribution in [0.1, 0.15) is 17.2 Å². The first kappa shape index (κ1) is 11.6. The lowest BCUT2D eigenvalue weighted by Crippen LogP contribution is -2.28. The van der Waals surface area contributed by atoms with Gasteiger partial charge in [-0.25, -0.2) is 5.43 Å². The summed E-state index contributed by atoms with van der Waals surface area (Å²) in [6, 6.07) is 11.6. The SMILES string of the molecule is COc1cccc(C(NN)c2ccncc2)c1. The number of hydrogen-bond donors (Lipinski definition) is 2. The summed E-state index contributed by atoms with van der Waals surface area (Å²) in [5, 5.41) is 0. The van der Waals surface area contributed by atoms with Crippen molar-refractivity contribution in [2.45, 2.75) is 6.04 Å². The standard InChI is InChI=1S/C13H15N3O/c1-17-12-4-2-3-11(9-12)13(16-14)10-5-7-15-8-6-10/h2-9,13,16H,14H2,1H3. The number of hydrazine groups is 1. The summed E-state index contributed by atoms with van der Waals surface area (Å²) in [6.45, 7) is 0. The van der Waals surface area contributed by atoms with E-state index < -0.39 is 0 Å². The van der Waals surface area contributed by atoms with E-state index in [0.717, 1.165) is 16.9 Å². The maximum Gasteiger partial charge on any atom is 0.119 e. The van der Waals surface area contributed by atoms with Gasteiger partial charge < -0.3 is 4.74 Å². The third-order valence-corrected chi connectivity index (χ3v) is 2.63. The molecule has 2 rings (SSSR count). The highest BCUT2D eigenvalue weighted by Gasteiger charge is 2.12. The summed E-state index contributed by atoms with van der Waals surface area (Å²) in [5.74, 6) is 6.43. The molecule has 0 aliphatic carbocycles. The Kier molecular flexibility index (Phi) is 3.69. The normalized spacial score (nSPS) is 12.1. The van der Waals surface area contributed by atoms with Crippen molar-refractivity contribution in [3.63, 3.8) is 0 Å². The summed E-state index contributed by atoms with van der Waals surface area (Å²) in [7, 11) is 1.65. The first-order valence-corrected chi connectivity index (χ1v) is 5.35. The van der Waals surface area contributed by atoms with Gasteiger partial charge in [0, 0.05) is 12.4 Å². The molecule has 1 heterocycles. The van der Waals surface area contributed by atoms with Gasteiger partial charge in [0.1, 0.15) is 5.75 Å². The van der Waals surface area contributed by atoms with Crippen LogP contribution in [0.3, 0.4) is 0 Å². The van der Waals surface area contributed by atoms with Gasteiger partial charge in [0.15, 0.2) is 0 Å². The van der Waals surface area contributed by atoms with Crippen molar-refractivity contribution in [1.29, 1.82) is 0 Å². The van der Waals surface area contributed by atoms with E-state index in [1.165, 1.54) is 0 Å². The maximum absolute atomic E-state index is 5.62. The molecule has 0 spiro atoms. The van der Waals surface area contributed by atoms with Gasteiger partial charge >= 0.3 is 0 Å². The van der Waals surface area contributed by atoms with E-state index in [2.05, 4.69) is 10.4 Å². The lowest BCUT2D eigenvalue weighted by Gasteiger charge is -2.17. The van der Waals surface area contributed by atoms with Gasteiger partial charge in [-0.15, -0.1) is 0 Å². The van der Waals surface area contributed by atoms with Crippen LogP contribution in [0.5, 0.6) is 5.75 Å². The molecule has 1 unspecified atom stereocenters. The van der Waals surface area contributed by atoms with Gasteiger partial charge in [-0.2, -0.15) is 0 Å². The fourth-order valence-electron chi connectivity index (χ4n) is 1.76. The summed E-state index contributed by atoms with van der Waals surface area (Å²) in [4.78, 5) is 4.00. The molecule has 4 nitrogen and oxygen atoms in total. The number of ether oxygens (including phenoxy) is 1. The highest BCUT2D eigenvalue weighted by molar-refractivity contribution is 5.35. The van der Waals surface area contributed by atoms with Gasteiger partial charge in [0.2, 0.25) is 0 Å². The fraction of sp³-hybridized carbons (Fsp3) is 0.154. The van der Waals surface area contributed by atoms with Gasteiger partial charge in [-0.3, -0.25) is 10.8 Å². The Bertz CT molecular complexity index is 473. The van der Waals surface area contributed by atoms with E-state index in [-0.39, 0.29) is 6.04 Å². The zero-order valence-corrected chi connectivity index (χ0v) is 9.63. The number of nitrogens with two attached hydrogens (primary N) is 1. The van der Waals surface area contributed by atoms with Crippen molar-refractivity contribution < 1.29 is 4.74 Å². The Labute approximate surface area is 100 Å². The summed E-state index contributed by atoms with van der Waals surface area (Å²) >= 11 is 0. The third kappa shape index (κ3) is 2.61. The summed E-state index contributed by atoms with van der Waals surface area (Å²) in [6.07, 6.45) is 3.50. The molecule has 88 valence electrons. The summed E-state index contributed by atoms with van der Waals surface area (Å²) < 4.78 is 5.20. The molecule has 2 aromatic rings. The second-order valence-electron chi connectivity index (χ2n) is 3.66. The lowest BCUT2D eigenvalue weighted by molar-refractivity contribution is 0.413. The van der Waals surface area contributed by atoms with Crippen LogP contribution in [0.25, 0.3) is 0 Å². The average Bonchev–Trinajstić information content (AvgIpc) is 2.41. The Hall–Kier alpha value is -1.91. The maximum atomic E-state index is 5.62. The quantitative estimate of drug-likeness (QED) is 0.618. The van der Waals surface area contributed by atoms with Crippen LogP contribution in [0, 0.1) is 0 Å². The molecule has 0 aliphatic rings. The minimum absolute atomic E-state index is 0.0619. The van der Waals surface area contributed by atoms with Gasteiger partial charge in [0.25, 0.3) is 0 Å². The van der Waals surface area contributed by atoms with Crippen LogP contribution in [0.2, 0.25) is 0 Å². The third-order valence-electron chi connectivity index (χ3n) is 2.63. The molecule has 0 fully saturated rings. The lowest BCUT2D eigenvalue weighted by atomic mass is 10.0. The van der Waals surface area contributed by atoms with E-state index in [0.29, 0.717) is 0 Å². The monoisotopic (exact) mass is 229 g/mol. The highest BCUT2D eigenvalue weighted by Crippen LogP contribution is 2.23. The molecule has 3 N–H and O–H groups in total. The Morgan fingerprint density at radius 1 is 1.18 bits per heavy atom. The van der Waals surface area contributed by atoms with Crippen molar-refractivity contribution in [2.75, 3.05) is 7.11 Å². The largest absolute Gasteiger partial charge is 0.497 e. The van der Waals surface area contributed by atoms with E-state index in [1.807, 2.05) is 36.4 Å². The Balaban J connectivity index is 2.35. The van der Waals surface area contributed by atoms with Gasteiger partial charge in [-0.05, 0) is 35.4 Å². The number of aromatic nitrogens is 1. The first-order chi connectivity index (χ1) is 8.35. The number of pyridine rings is 1. The van der Waals surface area contributed by atoms with Crippen LogP contribution in [-0.4, -0.2) is 12.1 Å². The van der Waals surface area contributed by atoms with Crippen LogP contribution in [-0.2, 0) is 0 Å². The minimum atomic E-state index is -0.0619. The van der Waals surface area contributed by atoms with Crippen molar-refractivity contribution in [3.8, 4) is 5.75 Å². The molecule has 0 aliphatic heterocycles. The molecule has 0 saturated heterocycles. The molecule has 1 aromatic heterocycles. The molecule has 0 radical (unpaired) electrons. The van der Waals surface area contributed by atoms with E-state index in [4.69, 9.17) is 10.6 Å². The number of nitrogens with zero attached hydrogens (tertiary/aromatic N) is 1. The molecule has 1 aromatic carbocycles. The molecule has 0 saturated carbocycles. The number of rotatable bonds is 4. The van der Waals surface area contributed by atoms with Crippen molar-refractivity contribution >= 4 is 0 Å². The van der Waals surface area contributed by atoms with E-state index >= 15 is 0 Å².